The molecule has 0 saturated carbocycles. The lowest BCUT2D eigenvalue weighted by Crippen LogP contribution is -2.01. The van der Waals surface area contributed by atoms with E-state index in [4.69, 9.17) is 15.2 Å². The first-order valence-electron chi connectivity index (χ1n) is 6.81. The summed E-state index contributed by atoms with van der Waals surface area (Å²) < 4.78 is 11.1. The number of methoxy groups -OCH3 is 1. The largest absolute Gasteiger partial charge is 0.493 e. The summed E-state index contributed by atoms with van der Waals surface area (Å²) in [5.41, 5.74) is 8.90. The van der Waals surface area contributed by atoms with Crippen LogP contribution in [0.1, 0.15) is 17.5 Å². The van der Waals surface area contributed by atoms with Crippen molar-refractivity contribution in [2.24, 2.45) is 0 Å². The molecular formula is C17H21NO2. The zero-order valence-corrected chi connectivity index (χ0v) is 12.1. The molecule has 2 aromatic rings. The van der Waals surface area contributed by atoms with E-state index in [-0.39, 0.29) is 0 Å². The Labute approximate surface area is 120 Å². The molecule has 0 aliphatic carbocycles. The van der Waals surface area contributed by atoms with Gasteiger partial charge in [-0.1, -0.05) is 18.2 Å². The summed E-state index contributed by atoms with van der Waals surface area (Å²) in [6.07, 6.45) is 1.94. The summed E-state index contributed by atoms with van der Waals surface area (Å²) in [6, 6.07) is 13.9. The highest BCUT2D eigenvalue weighted by atomic mass is 16.5. The molecule has 0 amide bonds. The average Bonchev–Trinajstić information content (AvgIpc) is 2.46. The minimum absolute atomic E-state index is 0.670. The van der Waals surface area contributed by atoms with Gasteiger partial charge in [0.25, 0.3) is 0 Å². The lowest BCUT2D eigenvalue weighted by atomic mass is 10.1. The van der Waals surface area contributed by atoms with E-state index in [2.05, 4.69) is 12.1 Å². The maximum atomic E-state index is 5.78. The van der Waals surface area contributed by atoms with E-state index in [0.29, 0.717) is 6.61 Å². The van der Waals surface area contributed by atoms with Gasteiger partial charge in [-0.3, -0.25) is 0 Å². The predicted molar refractivity (Wildman–Crippen MR) is 82.4 cm³/mol. The smallest absolute Gasteiger partial charge is 0.161 e. The van der Waals surface area contributed by atoms with Crippen molar-refractivity contribution in [2.75, 3.05) is 19.5 Å². The van der Waals surface area contributed by atoms with Crippen molar-refractivity contribution in [2.45, 2.75) is 19.8 Å². The second-order valence-electron chi connectivity index (χ2n) is 4.85. The van der Waals surface area contributed by atoms with Crippen LogP contribution in [0, 0.1) is 6.92 Å². The molecule has 0 fully saturated rings. The van der Waals surface area contributed by atoms with E-state index >= 15 is 0 Å². The van der Waals surface area contributed by atoms with Crippen LogP contribution in [-0.4, -0.2) is 13.7 Å². The molecule has 3 nitrogen and oxygen atoms in total. The standard InChI is InChI=1S/C17H21NO2/c1-13-5-10-16(17(12-13)19-2)20-11-3-4-14-6-8-15(18)9-7-14/h5-10,12H,3-4,11,18H2,1-2H3. The molecule has 0 heterocycles. The zero-order valence-electron chi connectivity index (χ0n) is 12.1. The minimum atomic E-state index is 0.670. The van der Waals surface area contributed by atoms with Gasteiger partial charge in [-0.15, -0.1) is 0 Å². The van der Waals surface area contributed by atoms with Crippen LogP contribution in [-0.2, 0) is 6.42 Å². The Balaban J connectivity index is 1.82. The third kappa shape index (κ3) is 3.92. The summed E-state index contributed by atoms with van der Waals surface area (Å²) in [4.78, 5) is 0. The monoisotopic (exact) mass is 271 g/mol. The van der Waals surface area contributed by atoms with E-state index < -0.39 is 0 Å². The molecular weight excluding hydrogens is 250 g/mol. The van der Waals surface area contributed by atoms with Gasteiger partial charge in [0, 0.05) is 5.69 Å². The van der Waals surface area contributed by atoms with Gasteiger partial charge < -0.3 is 15.2 Å². The molecule has 0 spiro atoms. The number of nitrogens with two attached hydrogens (primary N) is 1. The Morgan fingerprint density at radius 2 is 1.75 bits per heavy atom. The fraction of sp³-hybridized carbons (Fsp3) is 0.294. The van der Waals surface area contributed by atoms with Crippen molar-refractivity contribution in [3.63, 3.8) is 0 Å². The van der Waals surface area contributed by atoms with Crippen LogP contribution >= 0.6 is 0 Å². The number of anilines is 1. The molecule has 2 aromatic carbocycles. The lowest BCUT2D eigenvalue weighted by Gasteiger charge is -2.11. The number of ether oxygens (including phenoxy) is 2. The molecule has 0 aliphatic rings. The van der Waals surface area contributed by atoms with Crippen molar-refractivity contribution in [1.29, 1.82) is 0 Å². The summed E-state index contributed by atoms with van der Waals surface area (Å²) in [5, 5.41) is 0. The van der Waals surface area contributed by atoms with Crippen molar-refractivity contribution >= 4 is 5.69 Å². The number of rotatable bonds is 6. The molecule has 0 atom stereocenters. The summed E-state index contributed by atoms with van der Waals surface area (Å²) in [5.74, 6) is 1.59. The third-order valence-electron chi connectivity index (χ3n) is 3.17. The van der Waals surface area contributed by atoms with Crippen molar-refractivity contribution in [3.05, 3.63) is 53.6 Å². The van der Waals surface area contributed by atoms with Crippen LogP contribution < -0.4 is 15.2 Å². The van der Waals surface area contributed by atoms with Gasteiger partial charge in [-0.2, -0.15) is 0 Å². The average molecular weight is 271 g/mol. The van der Waals surface area contributed by atoms with Gasteiger partial charge in [0.2, 0.25) is 0 Å². The first-order chi connectivity index (χ1) is 9.69. The summed E-state index contributed by atoms with van der Waals surface area (Å²) in [7, 11) is 1.66. The molecule has 0 unspecified atom stereocenters. The van der Waals surface area contributed by atoms with E-state index in [9.17, 15) is 0 Å². The van der Waals surface area contributed by atoms with Gasteiger partial charge >= 0.3 is 0 Å². The fourth-order valence-corrected chi connectivity index (χ4v) is 2.04. The molecule has 0 aromatic heterocycles. The lowest BCUT2D eigenvalue weighted by molar-refractivity contribution is 0.289. The van der Waals surface area contributed by atoms with Crippen LogP contribution in [0.25, 0.3) is 0 Å². The first-order valence-corrected chi connectivity index (χ1v) is 6.81. The van der Waals surface area contributed by atoms with Gasteiger partial charge in [-0.05, 0) is 55.2 Å². The molecule has 106 valence electrons. The van der Waals surface area contributed by atoms with Gasteiger partial charge in [-0.25, -0.2) is 0 Å². The number of hydrogen-bond donors (Lipinski definition) is 1. The molecule has 0 bridgehead atoms. The van der Waals surface area contributed by atoms with Gasteiger partial charge in [0.15, 0.2) is 11.5 Å². The molecule has 0 aliphatic heterocycles. The normalized spacial score (nSPS) is 10.3. The molecule has 3 heteroatoms. The Hall–Kier alpha value is -2.16. The highest BCUT2D eigenvalue weighted by molar-refractivity contribution is 5.42. The van der Waals surface area contributed by atoms with Crippen LogP contribution in [0.2, 0.25) is 0 Å². The van der Waals surface area contributed by atoms with E-state index in [0.717, 1.165) is 35.6 Å². The number of nitrogen functional groups attached to an aromatic ring is 1. The van der Waals surface area contributed by atoms with Crippen molar-refractivity contribution in [3.8, 4) is 11.5 Å². The molecule has 0 radical (unpaired) electrons. The predicted octanol–water partition coefficient (Wildman–Crippen LogP) is 3.60. The van der Waals surface area contributed by atoms with Gasteiger partial charge in [0.05, 0.1) is 13.7 Å². The van der Waals surface area contributed by atoms with Crippen LogP contribution in [0.5, 0.6) is 11.5 Å². The van der Waals surface area contributed by atoms with Crippen LogP contribution in [0.4, 0.5) is 5.69 Å². The number of benzene rings is 2. The number of hydrogen-bond acceptors (Lipinski definition) is 3. The Kier molecular flexibility index (Phi) is 4.88. The van der Waals surface area contributed by atoms with Crippen molar-refractivity contribution < 1.29 is 9.47 Å². The molecule has 0 saturated heterocycles. The summed E-state index contributed by atoms with van der Waals surface area (Å²) in [6.45, 7) is 2.71. The Bertz CT molecular complexity index is 549. The Morgan fingerprint density at radius 1 is 1.00 bits per heavy atom. The van der Waals surface area contributed by atoms with Crippen LogP contribution in [0.3, 0.4) is 0 Å². The topological polar surface area (TPSA) is 44.5 Å². The van der Waals surface area contributed by atoms with E-state index in [1.165, 1.54) is 5.56 Å². The SMILES string of the molecule is COc1cc(C)ccc1OCCCc1ccc(N)cc1. The maximum Gasteiger partial charge on any atom is 0.161 e. The quantitative estimate of drug-likeness (QED) is 0.645. The van der Waals surface area contributed by atoms with Gasteiger partial charge in [0.1, 0.15) is 0 Å². The second kappa shape index (κ2) is 6.85. The minimum Gasteiger partial charge on any atom is -0.493 e. The first kappa shape index (κ1) is 14.3. The summed E-state index contributed by atoms with van der Waals surface area (Å²) >= 11 is 0. The Morgan fingerprint density at radius 3 is 2.45 bits per heavy atom. The molecule has 20 heavy (non-hydrogen) atoms. The second-order valence-corrected chi connectivity index (χ2v) is 4.85. The van der Waals surface area contributed by atoms with Crippen molar-refractivity contribution in [1.82, 2.24) is 0 Å². The molecule has 2 N–H and O–H groups in total. The number of aryl methyl sites for hydroxylation is 2. The molecule has 2 rings (SSSR count). The maximum absolute atomic E-state index is 5.78. The van der Waals surface area contributed by atoms with E-state index in [1.54, 1.807) is 7.11 Å². The van der Waals surface area contributed by atoms with Crippen LogP contribution in [0.15, 0.2) is 42.5 Å². The van der Waals surface area contributed by atoms with E-state index in [1.807, 2.05) is 37.3 Å². The highest BCUT2D eigenvalue weighted by Crippen LogP contribution is 2.27. The zero-order chi connectivity index (χ0) is 14.4. The highest BCUT2D eigenvalue weighted by Gasteiger charge is 2.04. The third-order valence-corrected chi connectivity index (χ3v) is 3.17. The fourth-order valence-electron chi connectivity index (χ4n) is 2.04.